The van der Waals surface area contributed by atoms with Gasteiger partial charge >= 0.3 is 0 Å². The maximum atomic E-state index is 13.1. The van der Waals surface area contributed by atoms with E-state index >= 15 is 0 Å². The molecule has 0 saturated heterocycles. The molecule has 1 N–H and O–H groups in total. The van der Waals surface area contributed by atoms with Gasteiger partial charge in [-0.15, -0.1) is 0 Å². The molecule has 0 aromatic heterocycles. The molecule has 0 aliphatic heterocycles. The van der Waals surface area contributed by atoms with Crippen molar-refractivity contribution in [3.05, 3.63) is 101 Å². The molecule has 0 radical (unpaired) electrons. The Bertz CT molecular complexity index is 1160. The number of benzene rings is 4. The van der Waals surface area contributed by atoms with E-state index in [1.165, 1.54) is 17.5 Å². The Morgan fingerprint density at radius 2 is 1.67 bits per heavy atom. The van der Waals surface area contributed by atoms with Gasteiger partial charge in [-0.05, 0) is 40.8 Å². The van der Waals surface area contributed by atoms with Gasteiger partial charge in [0.05, 0.1) is 7.11 Å². The number of hydrogen-bond acceptors (Lipinski definition) is 3. The number of anilines is 1. The minimum atomic E-state index is -0.276. The lowest BCUT2D eigenvalue weighted by molar-refractivity contribution is 0.284. The van der Waals surface area contributed by atoms with Gasteiger partial charge < -0.3 is 14.8 Å². The molecular weight excluding hydrogens is 401 g/mol. The first-order chi connectivity index (χ1) is 14.6. The van der Waals surface area contributed by atoms with Crippen LogP contribution in [0.2, 0.25) is 5.02 Å². The Hall–Kier alpha value is -3.24. The predicted molar refractivity (Wildman–Crippen MR) is 120 cm³/mol. The summed E-state index contributed by atoms with van der Waals surface area (Å²) in [5.41, 5.74) is 2.80. The van der Waals surface area contributed by atoms with Crippen LogP contribution < -0.4 is 14.8 Å². The molecule has 0 amide bonds. The van der Waals surface area contributed by atoms with Crippen molar-refractivity contribution in [3.8, 4) is 11.5 Å². The van der Waals surface area contributed by atoms with Gasteiger partial charge in [0.15, 0.2) is 11.5 Å². The lowest BCUT2D eigenvalue weighted by atomic mass is 10.1. The molecule has 4 aromatic carbocycles. The normalized spacial score (nSPS) is 10.8. The molecule has 4 aromatic rings. The maximum Gasteiger partial charge on any atom is 0.163 e. The third-order valence-corrected chi connectivity index (χ3v) is 5.25. The Labute approximate surface area is 180 Å². The second-order valence-electron chi connectivity index (χ2n) is 6.89. The van der Waals surface area contributed by atoms with E-state index in [0.717, 1.165) is 22.2 Å². The number of hydrogen-bond donors (Lipinski definition) is 1. The molecule has 5 heteroatoms. The van der Waals surface area contributed by atoms with Crippen LogP contribution in [0.25, 0.3) is 10.8 Å². The van der Waals surface area contributed by atoms with Crippen LogP contribution in [0.1, 0.15) is 11.1 Å². The van der Waals surface area contributed by atoms with Crippen molar-refractivity contribution in [2.45, 2.75) is 13.2 Å². The molecule has 0 atom stereocenters. The quantitative estimate of drug-likeness (QED) is 0.354. The second-order valence-corrected chi connectivity index (χ2v) is 7.30. The minimum absolute atomic E-state index is 0.276. The highest BCUT2D eigenvalue weighted by Crippen LogP contribution is 2.34. The van der Waals surface area contributed by atoms with Gasteiger partial charge in [-0.3, -0.25) is 0 Å². The summed E-state index contributed by atoms with van der Waals surface area (Å²) < 4.78 is 24.4. The van der Waals surface area contributed by atoms with E-state index in [-0.39, 0.29) is 5.82 Å². The van der Waals surface area contributed by atoms with E-state index in [1.54, 1.807) is 25.3 Å². The summed E-state index contributed by atoms with van der Waals surface area (Å²) in [5.74, 6) is 0.861. The van der Waals surface area contributed by atoms with Crippen molar-refractivity contribution in [1.82, 2.24) is 0 Å². The van der Waals surface area contributed by atoms with Gasteiger partial charge in [-0.1, -0.05) is 60.1 Å². The molecule has 0 spiro atoms. The zero-order valence-electron chi connectivity index (χ0n) is 16.5. The van der Waals surface area contributed by atoms with E-state index < -0.39 is 0 Å². The molecule has 0 aliphatic rings. The summed E-state index contributed by atoms with van der Waals surface area (Å²) >= 11 is 6.52. The van der Waals surface area contributed by atoms with Crippen LogP contribution in [0.3, 0.4) is 0 Å². The maximum absolute atomic E-state index is 13.1. The van der Waals surface area contributed by atoms with Crippen LogP contribution >= 0.6 is 11.6 Å². The van der Waals surface area contributed by atoms with E-state index in [2.05, 4.69) is 23.5 Å². The molecule has 0 heterocycles. The van der Waals surface area contributed by atoms with Gasteiger partial charge in [0.1, 0.15) is 12.4 Å². The monoisotopic (exact) mass is 421 g/mol. The number of nitrogens with one attached hydrogen (secondary N) is 1. The highest BCUT2D eigenvalue weighted by Gasteiger charge is 2.12. The number of ether oxygens (including phenoxy) is 2. The summed E-state index contributed by atoms with van der Waals surface area (Å²) in [5, 5.41) is 6.38. The largest absolute Gasteiger partial charge is 0.493 e. The number of halogens is 2. The van der Waals surface area contributed by atoms with Crippen LogP contribution in [-0.4, -0.2) is 7.11 Å². The number of methoxy groups -OCH3 is 1. The first kappa shape index (κ1) is 20.0. The molecule has 0 saturated carbocycles. The number of rotatable bonds is 7. The average Bonchev–Trinajstić information content (AvgIpc) is 2.78. The third-order valence-electron chi connectivity index (χ3n) is 4.90. The van der Waals surface area contributed by atoms with Crippen molar-refractivity contribution < 1.29 is 13.9 Å². The summed E-state index contributed by atoms with van der Waals surface area (Å²) in [4.78, 5) is 0. The molecule has 0 unspecified atom stereocenters. The minimum Gasteiger partial charge on any atom is -0.493 e. The lowest BCUT2D eigenvalue weighted by Crippen LogP contribution is -2.03. The molecule has 152 valence electrons. The van der Waals surface area contributed by atoms with Crippen molar-refractivity contribution in [3.63, 3.8) is 0 Å². The Morgan fingerprint density at radius 3 is 2.47 bits per heavy atom. The van der Waals surface area contributed by atoms with Crippen molar-refractivity contribution in [2.24, 2.45) is 0 Å². The third kappa shape index (κ3) is 4.50. The summed E-state index contributed by atoms with van der Waals surface area (Å²) in [6, 6.07) is 24.2. The molecule has 0 bridgehead atoms. The fraction of sp³-hybridized carbons (Fsp3) is 0.120. The predicted octanol–water partition coefficient (Wildman–Crippen LogP) is 6.83. The van der Waals surface area contributed by atoms with Crippen molar-refractivity contribution >= 4 is 28.1 Å². The van der Waals surface area contributed by atoms with Gasteiger partial charge in [0, 0.05) is 28.7 Å². The number of fused-ring (bicyclic) bond motifs is 1. The van der Waals surface area contributed by atoms with Gasteiger partial charge in [0.2, 0.25) is 0 Å². The van der Waals surface area contributed by atoms with Crippen molar-refractivity contribution in [2.75, 3.05) is 12.4 Å². The SMILES string of the molecule is COc1cc(CNc2cccc3ccccc23)c(Cl)cc1OCc1ccc(F)cc1. The zero-order valence-corrected chi connectivity index (χ0v) is 17.2. The first-order valence-electron chi connectivity index (χ1n) is 9.59. The summed E-state index contributed by atoms with van der Waals surface area (Å²) in [6.45, 7) is 0.835. The van der Waals surface area contributed by atoms with E-state index in [0.29, 0.717) is 29.7 Å². The highest BCUT2D eigenvalue weighted by molar-refractivity contribution is 6.31. The topological polar surface area (TPSA) is 30.5 Å². The van der Waals surface area contributed by atoms with Crippen LogP contribution in [0.15, 0.2) is 78.9 Å². The van der Waals surface area contributed by atoms with E-state index in [9.17, 15) is 4.39 Å². The van der Waals surface area contributed by atoms with E-state index in [4.69, 9.17) is 21.1 Å². The average molecular weight is 422 g/mol. The van der Waals surface area contributed by atoms with Crippen LogP contribution in [0.5, 0.6) is 11.5 Å². The van der Waals surface area contributed by atoms with Crippen LogP contribution in [0.4, 0.5) is 10.1 Å². The van der Waals surface area contributed by atoms with Gasteiger partial charge in [-0.25, -0.2) is 4.39 Å². The highest BCUT2D eigenvalue weighted by atomic mass is 35.5. The molecule has 30 heavy (non-hydrogen) atoms. The molecule has 4 rings (SSSR count). The molecule has 3 nitrogen and oxygen atoms in total. The van der Waals surface area contributed by atoms with Crippen molar-refractivity contribution in [1.29, 1.82) is 0 Å². The van der Waals surface area contributed by atoms with Crippen LogP contribution in [-0.2, 0) is 13.2 Å². The summed E-state index contributed by atoms with van der Waals surface area (Å²) in [6.07, 6.45) is 0. The molecule has 0 aliphatic carbocycles. The Kier molecular flexibility index (Phi) is 6.05. The smallest absolute Gasteiger partial charge is 0.163 e. The van der Waals surface area contributed by atoms with Gasteiger partial charge in [-0.2, -0.15) is 0 Å². The van der Waals surface area contributed by atoms with Crippen LogP contribution in [0, 0.1) is 5.82 Å². The molecular formula is C25H21ClFNO2. The standard InChI is InChI=1S/C25H21ClFNO2/c1-29-24-13-19(15-28-23-8-4-6-18-5-2-3-7-21(18)23)22(26)14-25(24)30-16-17-9-11-20(27)12-10-17/h2-14,28H,15-16H2,1H3. The molecule has 0 fully saturated rings. The second kappa shape index (κ2) is 9.06. The van der Waals surface area contributed by atoms with E-state index in [1.807, 2.05) is 30.3 Å². The summed E-state index contributed by atoms with van der Waals surface area (Å²) in [7, 11) is 1.59. The van der Waals surface area contributed by atoms with Gasteiger partial charge in [0.25, 0.3) is 0 Å². The Morgan fingerprint density at radius 1 is 0.900 bits per heavy atom. The fourth-order valence-corrected chi connectivity index (χ4v) is 3.52. The Balaban J connectivity index is 1.50. The fourth-order valence-electron chi connectivity index (χ4n) is 3.30. The lowest BCUT2D eigenvalue weighted by Gasteiger charge is -2.15. The zero-order chi connectivity index (χ0) is 20.9. The first-order valence-corrected chi connectivity index (χ1v) is 9.97.